The third-order valence-corrected chi connectivity index (χ3v) is 5.56. The first kappa shape index (κ1) is 21.1. The molecule has 0 bridgehead atoms. The molecule has 0 aliphatic carbocycles. The molecule has 148 valence electrons. The number of ether oxygens (including phenoxy) is 1. The Labute approximate surface area is 184 Å². The lowest BCUT2D eigenvalue weighted by Gasteiger charge is -2.12. The molecule has 1 aliphatic rings. The highest BCUT2D eigenvalue weighted by Crippen LogP contribution is 2.32. The number of imide groups is 1. The number of carbonyl (C=O) groups excluding carboxylic acids is 4. The molecule has 1 N–H and O–H groups in total. The Kier molecular flexibility index (Phi) is 6.70. The van der Waals surface area contributed by atoms with Crippen molar-refractivity contribution in [1.29, 1.82) is 0 Å². The largest absolute Gasteiger partial charge is 0.465 e. The summed E-state index contributed by atoms with van der Waals surface area (Å²) >= 11 is 2.92. The number of nitrogens with zero attached hydrogens (tertiary/aromatic N) is 1. The Hall–Kier alpha value is -2.66. The third-order valence-electron chi connectivity index (χ3n) is 3.93. The number of benzene rings is 2. The maximum Gasteiger partial charge on any atom is 0.337 e. The fourth-order valence-electron chi connectivity index (χ4n) is 2.50. The molecule has 29 heavy (non-hydrogen) atoms. The van der Waals surface area contributed by atoms with E-state index < -0.39 is 23.0 Å². The van der Waals surface area contributed by atoms with Gasteiger partial charge in [-0.3, -0.25) is 19.3 Å². The van der Waals surface area contributed by atoms with Gasteiger partial charge in [-0.1, -0.05) is 12.1 Å². The Morgan fingerprint density at radius 2 is 1.76 bits per heavy atom. The summed E-state index contributed by atoms with van der Waals surface area (Å²) in [6.45, 7) is -0.366. The zero-order valence-electron chi connectivity index (χ0n) is 15.2. The van der Waals surface area contributed by atoms with Gasteiger partial charge in [0.2, 0.25) is 5.91 Å². The zero-order valence-corrected chi connectivity index (χ0v) is 18.2. The van der Waals surface area contributed by atoms with Gasteiger partial charge < -0.3 is 10.1 Å². The maximum absolute atomic E-state index is 12.5. The van der Waals surface area contributed by atoms with E-state index in [-0.39, 0.29) is 11.4 Å². The van der Waals surface area contributed by atoms with Crippen LogP contribution < -0.4 is 5.32 Å². The van der Waals surface area contributed by atoms with Crippen molar-refractivity contribution in [2.75, 3.05) is 19.0 Å². The van der Waals surface area contributed by atoms with Crippen molar-refractivity contribution in [2.24, 2.45) is 0 Å². The van der Waals surface area contributed by atoms with Gasteiger partial charge in [-0.15, -0.1) is 0 Å². The fourth-order valence-corrected chi connectivity index (χ4v) is 3.70. The fraction of sp³-hybridized carbons (Fsp3) is 0.100. The first-order chi connectivity index (χ1) is 13.9. The number of halogens is 1. The van der Waals surface area contributed by atoms with Crippen molar-refractivity contribution in [3.05, 3.63) is 68.1 Å². The SMILES string of the molecule is COC(=O)c1ccc(/C=C2/SC(=O)N(CC(=O)Nc3ccc(I)cc3)C2=O)cc1. The van der Waals surface area contributed by atoms with Gasteiger partial charge >= 0.3 is 5.97 Å². The molecule has 2 aromatic carbocycles. The standard InChI is InChI=1S/C20H15IN2O5S/c1-28-19(26)13-4-2-12(3-5-13)10-16-18(25)23(20(27)29-16)11-17(24)22-15-8-6-14(21)7-9-15/h2-10H,11H2,1H3,(H,22,24)/b16-10+. The molecular formula is C20H15IN2O5S. The summed E-state index contributed by atoms with van der Waals surface area (Å²) in [5, 5.41) is 2.15. The summed E-state index contributed by atoms with van der Waals surface area (Å²) < 4.78 is 5.66. The minimum absolute atomic E-state index is 0.211. The number of amides is 3. The van der Waals surface area contributed by atoms with Gasteiger partial charge in [0.05, 0.1) is 17.6 Å². The monoisotopic (exact) mass is 522 g/mol. The van der Waals surface area contributed by atoms with Crippen LogP contribution >= 0.6 is 34.4 Å². The molecule has 2 aromatic rings. The highest BCUT2D eigenvalue weighted by molar-refractivity contribution is 14.1. The predicted octanol–water partition coefficient (Wildman–Crippen LogP) is 3.75. The van der Waals surface area contributed by atoms with Crippen molar-refractivity contribution in [3.8, 4) is 0 Å². The minimum atomic E-state index is -0.533. The summed E-state index contributed by atoms with van der Waals surface area (Å²) in [6.07, 6.45) is 1.54. The van der Waals surface area contributed by atoms with Crippen molar-refractivity contribution in [3.63, 3.8) is 0 Å². The molecule has 0 radical (unpaired) electrons. The molecule has 0 atom stereocenters. The predicted molar refractivity (Wildman–Crippen MR) is 118 cm³/mol. The number of thioether (sulfide) groups is 1. The van der Waals surface area contributed by atoms with Gasteiger partial charge in [-0.2, -0.15) is 0 Å². The lowest BCUT2D eigenvalue weighted by molar-refractivity contribution is -0.127. The van der Waals surface area contributed by atoms with Crippen molar-refractivity contribution >= 4 is 69.1 Å². The van der Waals surface area contributed by atoms with Crippen LogP contribution in [-0.2, 0) is 14.3 Å². The van der Waals surface area contributed by atoms with E-state index in [4.69, 9.17) is 0 Å². The number of esters is 1. The molecule has 1 heterocycles. The summed E-state index contributed by atoms with van der Waals surface area (Å²) in [5.74, 6) is -1.46. The lowest BCUT2D eigenvalue weighted by Crippen LogP contribution is -2.36. The van der Waals surface area contributed by atoms with E-state index in [9.17, 15) is 19.2 Å². The molecule has 9 heteroatoms. The summed E-state index contributed by atoms with van der Waals surface area (Å²) in [7, 11) is 1.29. The Balaban J connectivity index is 1.67. The Bertz CT molecular complexity index is 1000. The molecule has 0 unspecified atom stereocenters. The summed E-state index contributed by atoms with van der Waals surface area (Å²) in [5.41, 5.74) is 1.61. The average molecular weight is 522 g/mol. The van der Waals surface area contributed by atoms with Gasteiger partial charge in [0, 0.05) is 9.26 Å². The number of nitrogens with one attached hydrogen (secondary N) is 1. The lowest BCUT2D eigenvalue weighted by atomic mass is 10.1. The van der Waals surface area contributed by atoms with E-state index in [0.29, 0.717) is 16.8 Å². The first-order valence-electron chi connectivity index (χ1n) is 8.36. The summed E-state index contributed by atoms with van der Waals surface area (Å²) in [4.78, 5) is 49.5. The number of carbonyl (C=O) groups is 4. The second-order valence-corrected chi connectivity index (χ2v) is 8.18. The second kappa shape index (κ2) is 9.23. The number of hydrogen-bond donors (Lipinski definition) is 1. The zero-order chi connectivity index (χ0) is 21.0. The number of anilines is 1. The molecule has 0 aromatic heterocycles. The van der Waals surface area contributed by atoms with Crippen LogP contribution in [-0.4, -0.2) is 41.6 Å². The third kappa shape index (κ3) is 5.24. The van der Waals surface area contributed by atoms with Gasteiger partial charge in [0.15, 0.2) is 0 Å². The van der Waals surface area contributed by atoms with Crippen molar-refractivity contribution in [1.82, 2.24) is 4.90 Å². The van der Waals surface area contributed by atoms with E-state index >= 15 is 0 Å². The van der Waals surface area contributed by atoms with Crippen LogP contribution in [0, 0.1) is 3.57 Å². The van der Waals surface area contributed by atoms with Crippen LogP contribution in [0.1, 0.15) is 15.9 Å². The van der Waals surface area contributed by atoms with E-state index in [1.54, 1.807) is 42.5 Å². The molecule has 3 rings (SSSR count). The normalized spacial score (nSPS) is 15.0. The van der Waals surface area contributed by atoms with Gasteiger partial charge in [0.1, 0.15) is 6.54 Å². The molecule has 7 nitrogen and oxygen atoms in total. The highest BCUT2D eigenvalue weighted by atomic mass is 127. The molecule has 0 spiro atoms. The first-order valence-corrected chi connectivity index (χ1v) is 10.3. The molecule has 3 amide bonds. The highest BCUT2D eigenvalue weighted by Gasteiger charge is 2.36. The molecule has 1 saturated heterocycles. The van der Waals surface area contributed by atoms with Crippen molar-refractivity contribution < 1.29 is 23.9 Å². The summed E-state index contributed by atoms with van der Waals surface area (Å²) in [6, 6.07) is 13.6. The van der Waals surface area contributed by atoms with Crippen LogP contribution in [0.25, 0.3) is 6.08 Å². The molecule has 0 saturated carbocycles. The minimum Gasteiger partial charge on any atom is -0.465 e. The van der Waals surface area contributed by atoms with Gasteiger partial charge in [0.25, 0.3) is 11.1 Å². The molecular weight excluding hydrogens is 507 g/mol. The molecule has 1 aliphatic heterocycles. The average Bonchev–Trinajstić information content (AvgIpc) is 2.97. The Morgan fingerprint density at radius 1 is 1.10 bits per heavy atom. The van der Waals surface area contributed by atoms with E-state index in [1.807, 2.05) is 12.1 Å². The van der Waals surface area contributed by atoms with E-state index in [0.717, 1.165) is 20.2 Å². The number of rotatable bonds is 5. The van der Waals surface area contributed by atoms with Crippen LogP contribution in [0.5, 0.6) is 0 Å². The maximum atomic E-state index is 12.5. The number of hydrogen-bond acceptors (Lipinski definition) is 6. The van der Waals surface area contributed by atoms with Crippen LogP contribution in [0.2, 0.25) is 0 Å². The van der Waals surface area contributed by atoms with E-state index in [2.05, 4.69) is 32.6 Å². The Morgan fingerprint density at radius 3 is 2.38 bits per heavy atom. The van der Waals surface area contributed by atoms with Crippen LogP contribution in [0.3, 0.4) is 0 Å². The van der Waals surface area contributed by atoms with Gasteiger partial charge in [-0.25, -0.2) is 4.79 Å². The van der Waals surface area contributed by atoms with Gasteiger partial charge in [-0.05, 0) is 82.4 Å². The number of methoxy groups -OCH3 is 1. The smallest absolute Gasteiger partial charge is 0.337 e. The second-order valence-electron chi connectivity index (χ2n) is 5.94. The van der Waals surface area contributed by atoms with E-state index in [1.165, 1.54) is 7.11 Å². The quantitative estimate of drug-likeness (QED) is 0.366. The van der Waals surface area contributed by atoms with Crippen LogP contribution in [0.4, 0.5) is 10.5 Å². The van der Waals surface area contributed by atoms with Crippen molar-refractivity contribution in [2.45, 2.75) is 0 Å². The molecule has 1 fully saturated rings. The van der Waals surface area contributed by atoms with Crippen LogP contribution in [0.15, 0.2) is 53.4 Å². The topological polar surface area (TPSA) is 92.8 Å².